The number of hydrogen-bond donors (Lipinski definition) is 2. The zero-order valence-corrected chi connectivity index (χ0v) is 17.3. The summed E-state index contributed by atoms with van der Waals surface area (Å²) in [7, 11) is -3.44. The van der Waals surface area contributed by atoms with Crippen LogP contribution in [0.3, 0.4) is 0 Å². The molecule has 0 saturated carbocycles. The first-order valence-corrected chi connectivity index (χ1v) is 11.2. The van der Waals surface area contributed by atoms with Gasteiger partial charge in [0.2, 0.25) is 10.0 Å². The van der Waals surface area contributed by atoms with E-state index in [-0.39, 0.29) is 5.02 Å². The van der Waals surface area contributed by atoms with Crippen LogP contribution < -0.4 is 10.6 Å². The molecule has 2 aromatic carbocycles. The van der Waals surface area contributed by atoms with Gasteiger partial charge in [-0.1, -0.05) is 29.8 Å². The Morgan fingerprint density at radius 3 is 2.48 bits per heavy atom. The smallest absolute Gasteiger partial charge is 0.319 e. The Labute approximate surface area is 175 Å². The van der Waals surface area contributed by atoms with Crippen molar-refractivity contribution in [1.82, 2.24) is 9.62 Å². The summed E-state index contributed by atoms with van der Waals surface area (Å²) in [6.07, 6.45) is 2.27. The third-order valence-corrected chi connectivity index (χ3v) is 7.17. The molecule has 0 aliphatic carbocycles. The SMILES string of the molecule is O=C(NCCC1CCN(S(=O)(=O)c2ccccc2)CC1)Nc1ccc(F)c(Cl)c1. The van der Waals surface area contributed by atoms with Crippen LogP contribution >= 0.6 is 11.6 Å². The Kier molecular flexibility index (Phi) is 7.10. The number of nitrogens with one attached hydrogen (secondary N) is 2. The molecular formula is C20H23ClFN3O3S. The van der Waals surface area contributed by atoms with Gasteiger partial charge in [0.25, 0.3) is 0 Å². The highest BCUT2D eigenvalue weighted by atomic mass is 35.5. The lowest BCUT2D eigenvalue weighted by molar-refractivity contribution is 0.245. The van der Waals surface area contributed by atoms with Gasteiger partial charge >= 0.3 is 6.03 Å². The van der Waals surface area contributed by atoms with Crippen molar-refractivity contribution < 1.29 is 17.6 Å². The highest BCUT2D eigenvalue weighted by Crippen LogP contribution is 2.25. The number of halogens is 2. The van der Waals surface area contributed by atoms with E-state index in [9.17, 15) is 17.6 Å². The number of carbonyl (C=O) groups excluding carboxylic acids is 1. The number of piperidine rings is 1. The van der Waals surface area contributed by atoms with Crippen molar-refractivity contribution in [3.8, 4) is 0 Å². The molecule has 9 heteroatoms. The zero-order chi connectivity index (χ0) is 20.9. The van der Waals surface area contributed by atoms with Crippen LogP contribution in [0, 0.1) is 11.7 Å². The third-order valence-electron chi connectivity index (χ3n) is 4.97. The number of rotatable bonds is 6. The van der Waals surface area contributed by atoms with Crippen LogP contribution in [0.4, 0.5) is 14.9 Å². The Bertz CT molecular complexity index is 949. The molecule has 0 radical (unpaired) electrons. The number of amides is 2. The number of carbonyl (C=O) groups is 1. The fraction of sp³-hybridized carbons (Fsp3) is 0.350. The molecule has 0 spiro atoms. The maximum atomic E-state index is 13.1. The van der Waals surface area contributed by atoms with E-state index in [2.05, 4.69) is 10.6 Å². The van der Waals surface area contributed by atoms with E-state index in [1.165, 1.54) is 22.5 Å². The van der Waals surface area contributed by atoms with Gasteiger partial charge in [0.1, 0.15) is 5.82 Å². The van der Waals surface area contributed by atoms with Crippen LogP contribution in [0.2, 0.25) is 5.02 Å². The minimum atomic E-state index is -3.44. The lowest BCUT2D eigenvalue weighted by atomic mass is 9.95. The van der Waals surface area contributed by atoms with Crippen LogP contribution in [0.25, 0.3) is 0 Å². The van der Waals surface area contributed by atoms with Gasteiger partial charge in [-0.05, 0) is 55.5 Å². The molecule has 2 amide bonds. The molecule has 2 aromatic rings. The Morgan fingerprint density at radius 1 is 1.14 bits per heavy atom. The topological polar surface area (TPSA) is 78.5 Å². The molecule has 0 bridgehead atoms. The normalized spacial score (nSPS) is 15.8. The van der Waals surface area contributed by atoms with Crippen molar-refractivity contribution >= 4 is 33.3 Å². The first-order valence-electron chi connectivity index (χ1n) is 9.41. The number of sulfonamides is 1. The highest BCUT2D eigenvalue weighted by molar-refractivity contribution is 7.89. The molecule has 1 aliphatic heterocycles. The molecule has 1 aliphatic rings. The fourth-order valence-corrected chi connectivity index (χ4v) is 4.99. The second kappa shape index (κ2) is 9.56. The van der Waals surface area contributed by atoms with Crippen molar-refractivity contribution in [2.24, 2.45) is 5.92 Å². The molecule has 1 fully saturated rings. The second-order valence-electron chi connectivity index (χ2n) is 6.96. The van der Waals surface area contributed by atoms with Crippen molar-refractivity contribution in [2.45, 2.75) is 24.2 Å². The summed E-state index contributed by atoms with van der Waals surface area (Å²) in [4.78, 5) is 12.3. The summed E-state index contributed by atoms with van der Waals surface area (Å²) in [5.74, 6) is -0.198. The van der Waals surface area contributed by atoms with E-state index < -0.39 is 21.9 Å². The molecule has 1 heterocycles. The predicted octanol–water partition coefficient (Wildman–Crippen LogP) is 4.09. The van der Waals surface area contributed by atoms with E-state index in [4.69, 9.17) is 11.6 Å². The lowest BCUT2D eigenvalue weighted by Gasteiger charge is -2.31. The van der Waals surface area contributed by atoms with Gasteiger partial charge < -0.3 is 10.6 Å². The molecule has 2 N–H and O–H groups in total. The van der Waals surface area contributed by atoms with E-state index in [1.807, 2.05) is 0 Å². The summed E-state index contributed by atoms with van der Waals surface area (Å²) in [5, 5.41) is 5.31. The first-order chi connectivity index (χ1) is 13.9. The molecule has 3 rings (SSSR count). The average molecular weight is 440 g/mol. The Hall–Kier alpha value is -2.16. The minimum absolute atomic E-state index is 0.0555. The summed E-state index contributed by atoms with van der Waals surface area (Å²) in [6, 6.07) is 12.0. The van der Waals surface area contributed by atoms with Crippen molar-refractivity contribution in [3.05, 3.63) is 59.4 Å². The largest absolute Gasteiger partial charge is 0.338 e. The quantitative estimate of drug-likeness (QED) is 0.711. The predicted molar refractivity (Wildman–Crippen MR) is 111 cm³/mol. The van der Waals surface area contributed by atoms with Crippen molar-refractivity contribution in [2.75, 3.05) is 25.0 Å². The lowest BCUT2D eigenvalue weighted by Crippen LogP contribution is -2.39. The van der Waals surface area contributed by atoms with Gasteiger partial charge in [0.05, 0.1) is 9.92 Å². The molecule has 0 atom stereocenters. The molecule has 6 nitrogen and oxygen atoms in total. The van der Waals surface area contributed by atoms with E-state index in [0.717, 1.165) is 19.3 Å². The number of urea groups is 1. The standard InChI is InChI=1S/C20H23ClFN3O3S/c21-18-14-16(6-7-19(18)22)24-20(26)23-11-8-15-9-12-25(13-10-15)29(27,28)17-4-2-1-3-5-17/h1-7,14-15H,8-13H2,(H2,23,24,26). The van der Waals surface area contributed by atoms with Crippen molar-refractivity contribution in [1.29, 1.82) is 0 Å². The van der Waals surface area contributed by atoms with Crippen LogP contribution in [0.1, 0.15) is 19.3 Å². The summed E-state index contributed by atoms with van der Waals surface area (Å²) >= 11 is 5.69. The van der Waals surface area contributed by atoms with Crippen LogP contribution in [0.5, 0.6) is 0 Å². The van der Waals surface area contributed by atoms with Gasteiger partial charge in [-0.3, -0.25) is 0 Å². The highest BCUT2D eigenvalue weighted by Gasteiger charge is 2.29. The fourth-order valence-electron chi connectivity index (χ4n) is 3.32. The Morgan fingerprint density at radius 2 is 1.83 bits per heavy atom. The van der Waals surface area contributed by atoms with Gasteiger partial charge in [-0.2, -0.15) is 4.31 Å². The monoisotopic (exact) mass is 439 g/mol. The summed E-state index contributed by atoms with van der Waals surface area (Å²) in [5.41, 5.74) is 0.410. The van der Waals surface area contributed by atoms with Crippen LogP contribution in [-0.2, 0) is 10.0 Å². The maximum absolute atomic E-state index is 13.1. The summed E-state index contributed by atoms with van der Waals surface area (Å²) < 4.78 is 40.0. The van der Waals surface area contributed by atoms with Gasteiger partial charge in [-0.25, -0.2) is 17.6 Å². The number of hydrogen-bond acceptors (Lipinski definition) is 3. The molecule has 29 heavy (non-hydrogen) atoms. The number of nitrogens with zero attached hydrogens (tertiary/aromatic N) is 1. The molecule has 0 aromatic heterocycles. The first kappa shape index (κ1) is 21.5. The molecule has 1 saturated heterocycles. The molecule has 0 unspecified atom stereocenters. The zero-order valence-electron chi connectivity index (χ0n) is 15.8. The summed E-state index contributed by atoms with van der Waals surface area (Å²) in [6.45, 7) is 1.42. The van der Waals surface area contributed by atoms with Crippen LogP contribution in [-0.4, -0.2) is 38.4 Å². The van der Waals surface area contributed by atoms with Gasteiger partial charge in [-0.15, -0.1) is 0 Å². The van der Waals surface area contributed by atoms with Gasteiger partial charge in [0, 0.05) is 25.3 Å². The minimum Gasteiger partial charge on any atom is -0.338 e. The van der Waals surface area contributed by atoms with Crippen LogP contribution in [0.15, 0.2) is 53.4 Å². The maximum Gasteiger partial charge on any atom is 0.319 e. The van der Waals surface area contributed by atoms with Gasteiger partial charge in [0.15, 0.2) is 0 Å². The molecule has 156 valence electrons. The third kappa shape index (κ3) is 5.68. The van der Waals surface area contributed by atoms with E-state index in [1.54, 1.807) is 30.3 Å². The van der Waals surface area contributed by atoms with Crippen molar-refractivity contribution in [3.63, 3.8) is 0 Å². The number of anilines is 1. The second-order valence-corrected chi connectivity index (χ2v) is 9.30. The van der Waals surface area contributed by atoms with E-state index >= 15 is 0 Å². The molecular weight excluding hydrogens is 417 g/mol. The average Bonchev–Trinajstić information content (AvgIpc) is 2.72. The Balaban J connectivity index is 1.41. The van der Waals surface area contributed by atoms with E-state index in [0.29, 0.717) is 36.1 Å². The number of benzene rings is 2.